The average molecular weight is 305 g/mol. The van der Waals surface area contributed by atoms with Gasteiger partial charge in [-0.3, -0.25) is 4.79 Å². The second kappa shape index (κ2) is 5.59. The topological polar surface area (TPSA) is 54.0 Å². The minimum Gasteiger partial charge on any atom is -0.309 e. The van der Waals surface area contributed by atoms with Gasteiger partial charge in [-0.15, -0.1) is 0 Å². The molecule has 0 saturated carbocycles. The van der Waals surface area contributed by atoms with Crippen LogP contribution in [-0.4, -0.2) is 23.5 Å². The summed E-state index contributed by atoms with van der Waals surface area (Å²) in [6.07, 6.45) is -4.31. The van der Waals surface area contributed by atoms with Crippen molar-refractivity contribution in [2.45, 2.75) is 32.5 Å². The highest BCUT2D eigenvalue weighted by atomic mass is 19.4. The number of halogens is 4. The lowest BCUT2D eigenvalue weighted by molar-refractivity contribution is -0.143. The summed E-state index contributed by atoms with van der Waals surface area (Å²) >= 11 is 0. The number of pyridine rings is 1. The Hall–Kier alpha value is -1.70. The minimum absolute atomic E-state index is 0.139. The van der Waals surface area contributed by atoms with Crippen LogP contribution in [0.5, 0.6) is 0 Å². The van der Waals surface area contributed by atoms with E-state index in [2.05, 4.69) is 15.6 Å². The van der Waals surface area contributed by atoms with Crippen LogP contribution in [0.2, 0.25) is 0 Å². The van der Waals surface area contributed by atoms with Gasteiger partial charge < -0.3 is 10.6 Å². The van der Waals surface area contributed by atoms with E-state index in [1.165, 1.54) is 6.92 Å². The number of amides is 1. The first-order chi connectivity index (χ1) is 9.68. The molecule has 8 heteroatoms. The van der Waals surface area contributed by atoms with Crippen molar-refractivity contribution in [2.75, 3.05) is 11.9 Å². The number of nitrogens with zero attached hydrogens (tertiary/aromatic N) is 1. The molecule has 21 heavy (non-hydrogen) atoms. The van der Waals surface area contributed by atoms with Gasteiger partial charge in [0.2, 0.25) is 5.91 Å². The Morgan fingerprint density at radius 2 is 2.14 bits per heavy atom. The fourth-order valence-corrected chi connectivity index (χ4v) is 2.22. The van der Waals surface area contributed by atoms with Crippen molar-refractivity contribution in [3.05, 3.63) is 23.1 Å². The molecule has 0 spiro atoms. The predicted octanol–water partition coefficient (Wildman–Crippen LogP) is 2.48. The van der Waals surface area contributed by atoms with Gasteiger partial charge in [0.05, 0.1) is 6.04 Å². The summed E-state index contributed by atoms with van der Waals surface area (Å²) in [4.78, 5) is 15.2. The van der Waals surface area contributed by atoms with Gasteiger partial charge in [0.25, 0.3) is 0 Å². The van der Waals surface area contributed by atoms with Gasteiger partial charge >= 0.3 is 6.18 Å². The molecular weight excluding hydrogens is 290 g/mol. The minimum atomic E-state index is -4.91. The molecule has 2 rings (SSSR count). The van der Waals surface area contributed by atoms with Crippen LogP contribution < -0.4 is 10.6 Å². The van der Waals surface area contributed by atoms with Gasteiger partial charge in [-0.1, -0.05) is 6.92 Å². The number of alkyl halides is 3. The molecular formula is C13H15F4N3O. The number of carbonyl (C=O) groups excluding carboxylic acids is 1. The summed E-state index contributed by atoms with van der Waals surface area (Å²) in [6.45, 7) is 4.02. The molecule has 0 radical (unpaired) electrons. The Morgan fingerprint density at radius 3 is 2.67 bits per heavy atom. The molecule has 1 aliphatic rings. The fourth-order valence-electron chi connectivity index (χ4n) is 2.22. The van der Waals surface area contributed by atoms with Gasteiger partial charge in [0.15, 0.2) is 11.5 Å². The molecule has 2 N–H and O–H groups in total. The molecule has 1 saturated heterocycles. The summed E-state index contributed by atoms with van der Waals surface area (Å²) < 4.78 is 51.2. The molecule has 1 fully saturated rings. The van der Waals surface area contributed by atoms with Crippen LogP contribution in [0.15, 0.2) is 6.07 Å². The second-order valence-corrected chi connectivity index (χ2v) is 5.27. The predicted molar refractivity (Wildman–Crippen MR) is 68.1 cm³/mol. The maximum absolute atomic E-state index is 13.3. The summed E-state index contributed by atoms with van der Waals surface area (Å²) in [5, 5.41) is 5.30. The lowest BCUT2D eigenvalue weighted by Gasteiger charge is -2.15. The highest BCUT2D eigenvalue weighted by Crippen LogP contribution is 2.31. The largest absolute Gasteiger partial charge is 0.436 e. The molecule has 2 atom stereocenters. The Labute approximate surface area is 118 Å². The van der Waals surface area contributed by atoms with Gasteiger partial charge in [0.1, 0.15) is 5.82 Å². The molecule has 1 amide bonds. The van der Waals surface area contributed by atoms with Crippen molar-refractivity contribution >= 4 is 11.7 Å². The number of aromatic nitrogens is 1. The number of hydrogen-bond donors (Lipinski definition) is 2. The Morgan fingerprint density at radius 1 is 1.48 bits per heavy atom. The molecule has 1 aromatic rings. The van der Waals surface area contributed by atoms with E-state index in [0.29, 0.717) is 18.9 Å². The smallest absolute Gasteiger partial charge is 0.309 e. The van der Waals surface area contributed by atoms with E-state index < -0.39 is 29.6 Å². The molecule has 2 heterocycles. The molecule has 1 aliphatic heterocycles. The third-order valence-corrected chi connectivity index (χ3v) is 3.34. The zero-order valence-corrected chi connectivity index (χ0v) is 11.5. The first-order valence-corrected chi connectivity index (χ1v) is 6.47. The fraction of sp³-hybridized carbons (Fsp3) is 0.538. The standard InChI is InChI=1S/C13H15F4N3O/c1-6-3-9(18-5-6)12(21)20-11-7(2)4-8(14)10(19-11)13(15,16)17/h4,6,9,18H,3,5H2,1-2H3,(H,19,20,21). The number of rotatable bonds is 2. The lowest BCUT2D eigenvalue weighted by atomic mass is 10.1. The van der Waals surface area contributed by atoms with Gasteiger partial charge in [-0.05, 0) is 37.4 Å². The van der Waals surface area contributed by atoms with E-state index >= 15 is 0 Å². The maximum Gasteiger partial charge on any atom is 0.436 e. The Bertz CT molecular complexity index is 559. The van der Waals surface area contributed by atoms with Crippen LogP contribution in [0.1, 0.15) is 24.6 Å². The Balaban J connectivity index is 2.22. The van der Waals surface area contributed by atoms with Crippen LogP contribution in [0.3, 0.4) is 0 Å². The quantitative estimate of drug-likeness (QED) is 0.825. The van der Waals surface area contributed by atoms with Gasteiger partial charge in [-0.2, -0.15) is 13.2 Å². The third-order valence-electron chi connectivity index (χ3n) is 3.34. The summed E-state index contributed by atoms with van der Waals surface area (Å²) in [5.41, 5.74) is -1.49. The van der Waals surface area contributed by atoms with E-state index in [0.717, 1.165) is 6.07 Å². The molecule has 1 aromatic heterocycles. The molecule has 4 nitrogen and oxygen atoms in total. The van der Waals surface area contributed by atoms with Crippen LogP contribution in [-0.2, 0) is 11.0 Å². The van der Waals surface area contributed by atoms with Gasteiger partial charge in [-0.25, -0.2) is 9.37 Å². The third kappa shape index (κ3) is 3.49. The molecule has 0 bridgehead atoms. The van der Waals surface area contributed by atoms with Crippen molar-refractivity contribution in [1.29, 1.82) is 0 Å². The normalized spacial score (nSPS) is 22.4. The summed E-state index contributed by atoms with van der Waals surface area (Å²) in [7, 11) is 0. The van der Waals surface area contributed by atoms with E-state index in [1.807, 2.05) is 6.92 Å². The van der Waals surface area contributed by atoms with Gasteiger partial charge in [0, 0.05) is 0 Å². The van der Waals surface area contributed by atoms with Crippen molar-refractivity contribution in [3.8, 4) is 0 Å². The van der Waals surface area contributed by atoms with E-state index in [1.54, 1.807) is 0 Å². The summed E-state index contributed by atoms with van der Waals surface area (Å²) in [6, 6.07) is 0.247. The van der Waals surface area contributed by atoms with E-state index in [4.69, 9.17) is 0 Å². The maximum atomic E-state index is 13.3. The molecule has 0 aliphatic carbocycles. The number of anilines is 1. The first kappa shape index (κ1) is 15.7. The number of hydrogen-bond acceptors (Lipinski definition) is 3. The second-order valence-electron chi connectivity index (χ2n) is 5.27. The number of aryl methyl sites for hydroxylation is 1. The van der Waals surface area contributed by atoms with Crippen molar-refractivity contribution in [2.24, 2.45) is 5.92 Å². The SMILES string of the molecule is Cc1cc(F)c(C(F)(F)F)nc1NC(=O)C1CC(C)CN1. The highest BCUT2D eigenvalue weighted by Gasteiger charge is 2.37. The number of carbonyl (C=O) groups is 1. The monoisotopic (exact) mass is 305 g/mol. The number of nitrogens with one attached hydrogen (secondary N) is 2. The Kier molecular flexibility index (Phi) is 4.18. The molecule has 0 aromatic carbocycles. The zero-order chi connectivity index (χ0) is 15.8. The van der Waals surface area contributed by atoms with Crippen molar-refractivity contribution in [3.63, 3.8) is 0 Å². The van der Waals surface area contributed by atoms with Crippen LogP contribution in [0.25, 0.3) is 0 Å². The summed E-state index contributed by atoms with van der Waals surface area (Å²) in [5.74, 6) is -1.87. The molecule has 116 valence electrons. The van der Waals surface area contributed by atoms with E-state index in [-0.39, 0.29) is 11.4 Å². The van der Waals surface area contributed by atoms with Crippen molar-refractivity contribution in [1.82, 2.24) is 10.3 Å². The van der Waals surface area contributed by atoms with Crippen molar-refractivity contribution < 1.29 is 22.4 Å². The van der Waals surface area contributed by atoms with E-state index in [9.17, 15) is 22.4 Å². The van der Waals surface area contributed by atoms with Crippen LogP contribution in [0, 0.1) is 18.7 Å². The van der Waals surface area contributed by atoms with Crippen LogP contribution in [0.4, 0.5) is 23.4 Å². The molecule has 2 unspecified atom stereocenters. The van der Waals surface area contributed by atoms with Crippen LogP contribution >= 0.6 is 0 Å². The zero-order valence-electron chi connectivity index (χ0n) is 11.5. The highest BCUT2D eigenvalue weighted by molar-refractivity contribution is 5.94. The lowest BCUT2D eigenvalue weighted by Crippen LogP contribution is -2.36. The average Bonchev–Trinajstić information content (AvgIpc) is 2.77. The first-order valence-electron chi connectivity index (χ1n) is 6.47.